The van der Waals surface area contributed by atoms with Crippen molar-refractivity contribution in [2.75, 3.05) is 0 Å². The molecule has 0 bridgehead atoms. The summed E-state index contributed by atoms with van der Waals surface area (Å²) < 4.78 is 0. The van der Waals surface area contributed by atoms with Crippen LogP contribution < -0.4 is 0 Å². The molecule has 2 rings (SSSR count). The molecule has 0 aromatic rings. The quantitative estimate of drug-likeness (QED) is 0.470. The van der Waals surface area contributed by atoms with Gasteiger partial charge in [-0.25, -0.2) is 0 Å². The second-order valence-corrected chi connectivity index (χ2v) is 2.65. The summed E-state index contributed by atoms with van der Waals surface area (Å²) >= 11 is 0. The fourth-order valence-corrected chi connectivity index (χ4v) is 1.14. The van der Waals surface area contributed by atoms with Crippen LogP contribution in [0, 0.1) is 0 Å². The van der Waals surface area contributed by atoms with E-state index >= 15 is 0 Å². The van der Waals surface area contributed by atoms with E-state index < -0.39 is 0 Å². The third-order valence-corrected chi connectivity index (χ3v) is 1.68. The fraction of sp³-hybridized carbons (Fsp3) is 0.100. The van der Waals surface area contributed by atoms with Crippen LogP contribution in [-0.4, -0.2) is 4.90 Å². The van der Waals surface area contributed by atoms with Crippen LogP contribution in [0.3, 0.4) is 0 Å². The van der Waals surface area contributed by atoms with E-state index in [4.69, 9.17) is 0 Å². The topological polar surface area (TPSA) is 3.24 Å². The van der Waals surface area contributed by atoms with Crippen LogP contribution in [-0.2, 0) is 0 Å². The lowest BCUT2D eigenvalue weighted by atomic mass is 10.2. The average molecular weight is 143 g/mol. The summed E-state index contributed by atoms with van der Waals surface area (Å²) in [6.07, 6.45) is 12.2. The van der Waals surface area contributed by atoms with Crippen molar-refractivity contribution < 1.29 is 0 Å². The highest BCUT2D eigenvalue weighted by Crippen LogP contribution is 2.16. The SMILES string of the molecule is CC1=CN2C=CC=CC2=C=C1. The van der Waals surface area contributed by atoms with Gasteiger partial charge in [-0.1, -0.05) is 11.8 Å². The summed E-state index contributed by atoms with van der Waals surface area (Å²) in [5, 5.41) is 0. The lowest BCUT2D eigenvalue weighted by Gasteiger charge is -2.20. The lowest BCUT2D eigenvalue weighted by Crippen LogP contribution is -2.10. The molecule has 2 aliphatic rings. The average Bonchev–Trinajstić information content (AvgIpc) is 2.04. The van der Waals surface area contributed by atoms with E-state index in [1.54, 1.807) is 0 Å². The first-order valence-corrected chi connectivity index (χ1v) is 3.64. The van der Waals surface area contributed by atoms with Crippen LogP contribution in [0.5, 0.6) is 0 Å². The summed E-state index contributed by atoms with van der Waals surface area (Å²) in [4.78, 5) is 2.06. The molecule has 0 aromatic heterocycles. The smallest absolute Gasteiger partial charge is 0.0880 e. The van der Waals surface area contributed by atoms with E-state index in [9.17, 15) is 0 Å². The van der Waals surface area contributed by atoms with Crippen LogP contribution in [0.1, 0.15) is 6.92 Å². The molecule has 0 unspecified atom stereocenters. The van der Waals surface area contributed by atoms with E-state index in [1.807, 2.05) is 30.5 Å². The summed E-state index contributed by atoms with van der Waals surface area (Å²) in [6.45, 7) is 2.07. The Labute approximate surface area is 66.3 Å². The predicted molar refractivity (Wildman–Crippen MR) is 45.5 cm³/mol. The molecule has 0 saturated heterocycles. The maximum absolute atomic E-state index is 3.18. The molecule has 0 radical (unpaired) electrons. The first kappa shape index (κ1) is 6.26. The van der Waals surface area contributed by atoms with Crippen LogP contribution in [0.15, 0.2) is 53.7 Å². The highest BCUT2D eigenvalue weighted by Gasteiger charge is 2.05. The molecule has 2 aliphatic heterocycles. The standard InChI is InChI=1S/C10H9N/c1-9-5-6-10-4-2-3-7-11(10)8-9/h2-5,7-8H,1H3. The molecule has 11 heavy (non-hydrogen) atoms. The molecule has 0 atom stereocenters. The van der Waals surface area contributed by atoms with Gasteiger partial charge in [-0.15, -0.1) is 0 Å². The lowest BCUT2D eigenvalue weighted by molar-refractivity contribution is 0.637. The van der Waals surface area contributed by atoms with Crippen molar-refractivity contribution in [1.29, 1.82) is 0 Å². The Bertz CT molecular complexity index is 323. The van der Waals surface area contributed by atoms with Crippen molar-refractivity contribution in [3.05, 3.63) is 53.7 Å². The largest absolute Gasteiger partial charge is 0.317 e. The second kappa shape index (κ2) is 2.30. The van der Waals surface area contributed by atoms with Crippen LogP contribution in [0.2, 0.25) is 0 Å². The minimum Gasteiger partial charge on any atom is -0.317 e. The first-order valence-electron chi connectivity index (χ1n) is 3.64. The number of rotatable bonds is 0. The molecule has 1 nitrogen and oxygen atoms in total. The van der Waals surface area contributed by atoms with E-state index in [0.717, 1.165) is 5.70 Å². The maximum atomic E-state index is 3.18. The van der Waals surface area contributed by atoms with Gasteiger partial charge in [0.15, 0.2) is 0 Å². The summed E-state index contributed by atoms with van der Waals surface area (Å²) in [5.74, 6) is 0. The van der Waals surface area contributed by atoms with Gasteiger partial charge < -0.3 is 4.90 Å². The van der Waals surface area contributed by atoms with Crippen LogP contribution >= 0.6 is 0 Å². The molecule has 54 valence electrons. The number of allylic oxidation sites excluding steroid dienone is 4. The Hall–Kier alpha value is -1.46. The Morgan fingerprint density at radius 1 is 1.36 bits per heavy atom. The molecule has 1 heteroatoms. The molecule has 2 heterocycles. The first-order chi connectivity index (χ1) is 5.36. The molecule has 0 aliphatic carbocycles. The third kappa shape index (κ3) is 1.06. The van der Waals surface area contributed by atoms with Gasteiger partial charge in [-0.2, -0.15) is 0 Å². The van der Waals surface area contributed by atoms with Gasteiger partial charge in [0.1, 0.15) is 0 Å². The molecule has 0 spiro atoms. The maximum Gasteiger partial charge on any atom is 0.0880 e. The summed E-state index contributed by atoms with van der Waals surface area (Å²) in [6, 6.07) is 0. The Morgan fingerprint density at radius 2 is 2.27 bits per heavy atom. The van der Waals surface area contributed by atoms with Gasteiger partial charge in [0.2, 0.25) is 0 Å². The van der Waals surface area contributed by atoms with Crippen molar-refractivity contribution in [3.8, 4) is 0 Å². The van der Waals surface area contributed by atoms with Crippen molar-refractivity contribution in [3.63, 3.8) is 0 Å². The van der Waals surface area contributed by atoms with Gasteiger partial charge in [-0.3, -0.25) is 0 Å². The van der Waals surface area contributed by atoms with E-state index in [-0.39, 0.29) is 0 Å². The molecule has 0 saturated carbocycles. The highest BCUT2D eigenvalue weighted by atomic mass is 15.1. The normalized spacial score (nSPS) is 19.5. The fourth-order valence-electron chi connectivity index (χ4n) is 1.14. The minimum atomic E-state index is 1.11. The Balaban J connectivity index is 2.48. The Morgan fingerprint density at radius 3 is 3.18 bits per heavy atom. The second-order valence-electron chi connectivity index (χ2n) is 2.65. The number of nitrogens with zero attached hydrogens (tertiary/aromatic N) is 1. The van der Waals surface area contributed by atoms with E-state index in [1.165, 1.54) is 5.57 Å². The molecular weight excluding hydrogens is 134 g/mol. The van der Waals surface area contributed by atoms with Crippen molar-refractivity contribution >= 4 is 0 Å². The zero-order valence-corrected chi connectivity index (χ0v) is 6.41. The monoisotopic (exact) mass is 143 g/mol. The number of fused-ring (bicyclic) bond motifs is 1. The van der Waals surface area contributed by atoms with Gasteiger partial charge in [0.05, 0.1) is 5.70 Å². The predicted octanol–water partition coefficient (Wildman–Crippen LogP) is 2.33. The highest BCUT2D eigenvalue weighted by molar-refractivity contribution is 5.35. The van der Waals surface area contributed by atoms with Crippen molar-refractivity contribution in [1.82, 2.24) is 4.90 Å². The number of hydrogen-bond donors (Lipinski definition) is 0. The number of hydrogen-bond acceptors (Lipinski definition) is 1. The van der Waals surface area contributed by atoms with Crippen LogP contribution in [0.25, 0.3) is 0 Å². The molecule has 0 N–H and O–H groups in total. The minimum absolute atomic E-state index is 1.11. The van der Waals surface area contributed by atoms with E-state index in [0.29, 0.717) is 0 Å². The molecule has 0 aromatic carbocycles. The van der Waals surface area contributed by atoms with Gasteiger partial charge >= 0.3 is 0 Å². The third-order valence-electron chi connectivity index (χ3n) is 1.68. The summed E-state index contributed by atoms with van der Waals surface area (Å²) in [7, 11) is 0. The van der Waals surface area contributed by atoms with Crippen molar-refractivity contribution in [2.24, 2.45) is 0 Å². The zero-order valence-electron chi connectivity index (χ0n) is 6.41. The molecule has 0 amide bonds. The molecule has 0 fully saturated rings. The Kier molecular flexibility index (Phi) is 1.31. The van der Waals surface area contributed by atoms with Gasteiger partial charge in [-0.05, 0) is 30.7 Å². The zero-order chi connectivity index (χ0) is 7.68. The molecular formula is C10H9N. The van der Waals surface area contributed by atoms with E-state index in [2.05, 4.69) is 23.8 Å². The van der Waals surface area contributed by atoms with Gasteiger partial charge in [0, 0.05) is 12.4 Å². The summed E-state index contributed by atoms with van der Waals surface area (Å²) in [5.41, 5.74) is 5.52. The van der Waals surface area contributed by atoms with Crippen molar-refractivity contribution in [2.45, 2.75) is 6.92 Å². The van der Waals surface area contributed by atoms with Crippen LogP contribution in [0.4, 0.5) is 0 Å². The van der Waals surface area contributed by atoms with Gasteiger partial charge in [0.25, 0.3) is 0 Å².